The van der Waals surface area contributed by atoms with Gasteiger partial charge in [0.1, 0.15) is 0 Å². The Morgan fingerprint density at radius 3 is 2.46 bits per heavy atom. The second kappa shape index (κ2) is 3.74. The van der Waals surface area contributed by atoms with Crippen LogP contribution in [0.25, 0.3) is 0 Å². The van der Waals surface area contributed by atoms with Crippen LogP contribution in [0.4, 0.5) is 5.69 Å². The van der Waals surface area contributed by atoms with Crippen LogP contribution in [-0.4, -0.2) is 33.6 Å². The Balaban J connectivity index is 3.19. The number of aromatic hydroxyl groups is 1. The second-order valence-corrected chi connectivity index (χ2v) is 4.52. The van der Waals surface area contributed by atoms with Gasteiger partial charge in [0.2, 0.25) is 0 Å². The number of phenols is 1. The summed E-state index contributed by atoms with van der Waals surface area (Å²) >= 11 is -3.10. The van der Waals surface area contributed by atoms with Gasteiger partial charge in [0.05, 0.1) is 0 Å². The van der Waals surface area contributed by atoms with E-state index in [0.717, 1.165) is 12.1 Å². The fraction of sp³-hybridized carbons (Fsp3) is 0. The summed E-state index contributed by atoms with van der Waals surface area (Å²) < 4.78 is 17.7. The number of rotatable bonds is 2. The van der Waals surface area contributed by atoms with Crippen molar-refractivity contribution in [2.45, 2.75) is 0 Å². The Morgan fingerprint density at radius 1 is 1.38 bits per heavy atom. The maximum absolute atomic E-state index is 10.3. The zero-order chi connectivity index (χ0) is 10.0. The molecule has 0 amide bonds. The van der Waals surface area contributed by atoms with Gasteiger partial charge in [-0.25, -0.2) is 0 Å². The molecule has 0 aliphatic carbocycles. The normalized spacial score (nSPS) is 10.4. The molecule has 0 atom stereocenters. The van der Waals surface area contributed by atoms with Gasteiger partial charge in [0.15, 0.2) is 0 Å². The monoisotopic (exact) mass is 247 g/mol. The van der Waals surface area contributed by atoms with E-state index in [0.29, 0.717) is 0 Å². The maximum atomic E-state index is 10.3. The van der Waals surface area contributed by atoms with Gasteiger partial charge < -0.3 is 0 Å². The summed E-state index contributed by atoms with van der Waals surface area (Å²) in [6.07, 6.45) is 0. The summed E-state index contributed by atoms with van der Waals surface area (Å²) in [6, 6.07) is 3.29. The van der Waals surface area contributed by atoms with Crippen LogP contribution in [0.2, 0.25) is 0 Å². The van der Waals surface area contributed by atoms with Crippen LogP contribution in [0.15, 0.2) is 18.2 Å². The quantitative estimate of drug-likeness (QED) is 0.352. The SMILES string of the molecule is O=[N+]([O-])c1cc([As](O)O)ccc1O. The third kappa shape index (κ3) is 2.18. The Morgan fingerprint density at radius 2 is 2.00 bits per heavy atom. The molecule has 0 radical (unpaired) electrons. The van der Waals surface area contributed by atoms with Crippen LogP contribution in [0.1, 0.15) is 0 Å². The van der Waals surface area contributed by atoms with Gasteiger partial charge in [0.25, 0.3) is 0 Å². The average molecular weight is 247 g/mol. The number of nitro benzene ring substituents is 1. The predicted octanol–water partition coefficient (Wildman–Crippen LogP) is -1.02. The Hall–Kier alpha value is -1.10. The molecule has 0 heterocycles. The Labute approximate surface area is 78.2 Å². The van der Waals surface area contributed by atoms with E-state index in [2.05, 4.69) is 0 Å². The van der Waals surface area contributed by atoms with Crippen molar-refractivity contribution in [3.63, 3.8) is 0 Å². The second-order valence-electron chi connectivity index (χ2n) is 2.22. The molecule has 0 aliphatic heterocycles. The van der Waals surface area contributed by atoms with Crippen LogP contribution in [0.5, 0.6) is 5.75 Å². The van der Waals surface area contributed by atoms with Crippen molar-refractivity contribution in [1.82, 2.24) is 0 Å². The summed E-state index contributed by atoms with van der Waals surface area (Å²) in [7, 11) is 0. The molecule has 1 rings (SSSR count). The molecule has 1 aromatic rings. The molecule has 0 saturated carbocycles. The van der Waals surface area contributed by atoms with Crippen molar-refractivity contribution in [3.05, 3.63) is 28.3 Å². The molecule has 0 saturated heterocycles. The summed E-state index contributed by atoms with van der Waals surface area (Å²) in [5.74, 6) is -0.482. The first-order valence-electron chi connectivity index (χ1n) is 3.17. The molecule has 0 spiro atoms. The minimum atomic E-state index is -3.10. The Bertz CT molecular complexity index is 340. The zero-order valence-corrected chi connectivity index (χ0v) is 8.16. The number of benzene rings is 1. The van der Waals surface area contributed by atoms with E-state index < -0.39 is 31.7 Å². The van der Waals surface area contributed by atoms with Crippen molar-refractivity contribution >= 4 is 25.4 Å². The molecule has 1 aromatic carbocycles. The van der Waals surface area contributed by atoms with Gasteiger partial charge in [-0.15, -0.1) is 0 Å². The average Bonchev–Trinajstić information content (AvgIpc) is 2.04. The number of hydrogen-bond donors (Lipinski definition) is 3. The topological polar surface area (TPSA) is 104 Å². The van der Waals surface area contributed by atoms with Crippen molar-refractivity contribution in [1.29, 1.82) is 0 Å². The minimum absolute atomic E-state index is 0.108. The van der Waals surface area contributed by atoms with Crippen LogP contribution >= 0.6 is 0 Å². The first-order valence-corrected chi connectivity index (χ1v) is 5.79. The van der Waals surface area contributed by atoms with E-state index in [1.807, 2.05) is 0 Å². The van der Waals surface area contributed by atoms with E-state index in [1.165, 1.54) is 6.07 Å². The van der Waals surface area contributed by atoms with Crippen LogP contribution in [0.3, 0.4) is 0 Å². The molecule has 0 bridgehead atoms. The van der Waals surface area contributed by atoms with E-state index >= 15 is 0 Å². The molecule has 7 heteroatoms. The fourth-order valence-electron chi connectivity index (χ4n) is 0.782. The molecule has 0 fully saturated rings. The van der Waals surface area contributed by atoms with E-state index in [1.54, 1.807) is 0 Å². The molecular weight excluding hydrogens is 241 g/mol. The number of nitrogens with zero attached hydrogens (tertiary/aromatic N) is 1. The molecule has 0 unspecified atom stereocenters. The van der Waals surface area contributed by atoms with Gasteiger partial charge in [-0.2, -0.15) is 0 Å². The predicted molar refractivity (Wildman–Crippen MR) is 44.6 cm³/mol. The van der Waals surface area contributed by atoms with Crippen molar-refractivity contribution in [3.8, 4) is 5.75 Å². The van der Waals surface area contributed by atoms with Gasteiger partial charge in [-0.3, -0.25) is 0 Å². The summed E-state index contributed by atoms with van der Waals surface area (Å²) in [5, 5.41) is 19.3. The summed E-state index contributed by atoms with van der Waals surface area (Å²) in [6.45, 7) is 0. The summed E-state index contributed by atoms with van der Waals surface area (Å²) in [4.78, 5) is 9.51. The van der Waals surface area contributed by atoms with Crippen LogP contribution in [0, 0.1) is 10.1 Å². The van der Waals surface area contributed by atoms with Crippen molar-refractivity contribution in [2.75, 3.05) is 0 Å². The van der Waals surface area contributed by atoms with E-state index in [-0.39, 0.29) is 4.35 Å². The number of nitro groups is 1. The van der Waals surface area contributed by atoms with E-state index in [4.69, 9.17) is 13.3 Å². The summed E-state index contributed by atoms with van der Waals surface area (Å²) in [5.41, 5.74) is -0.514. The van der Waals surface area contributed by atoms with Crippen molar-refractivity contribution < 1.29 is 18.2 Å². The first kappa shape index (κ1) is 9.98. The van der Waals surface area contributed by atoms with Gasteiger partial charge >= 0.3 is 77.7 Å². The molecular formula is C6H6AsNO5. The van der Waals surface area contributed by atoms with Gasteiger partial charge in [0, 0.05) is 0 Å². The Kier molecular flexibility index (Phi) is 2.87. The van der Waals surface area contributed by atoms with Gasteiger partial charge in [-0.1, -0.05) is 0 Å². The molecule has 3 N–H and O–H groups in total. The first-order chi connectivity index (χ1) is 6.02. The molecule has 0 aromatic heterocycles. The van der Waals surface area contributed by atoms with E-state index in [9.17, 15) is 10.1 Å². The molecule has 6 nitrogen and oxygen atoms in total. The fourth-order valence-corrected chi connectivity index (χ4v) is 1.72. The van der Waals surface area contributed by atoms with Crippen molar-refractivity contribution in [2.24, 2.45) is 0 Å². The molecule has 0 aliphatic rings. The molecule has 70 valence electrons. The number of phenolic OH excluding ortho intramolecular Hbond substituents is 1. The van der Waals surface area contributed by atoms with Crippen LogP contribution in [-0.2, 0) is 0 Å². The molecule has 13 heavy (non-hydrogen) atoms. The van der Waals surface area contributed by atoms with Gasteiger partial charge in [-0.05, 0) is 0 Å². The zero-order valence-electron chi connectivity index (χ0n) is 6.28. The van der Waals surface area contributed by atoms with Crippen LogP contribution < -0.4 is 4.35 Å². The standard InChI is InChI=1S/C6H6AsNO5/c9-6-2-1-4(7(10)11)3-5(6)8(12)13/h1-3,9-11H. The number of hydrogen-bond acceptors (Lipinski definition) is 5. The third-order valence-electron chi connectivity index (χ3n) is 1.39. The third-order valence-corrected chi connectivity index (χ3v) is 2.94.